The number of carboxylic acid groups (broad SMARTS) is 1. The Kier molecular flexibility index (Phi) is 7.61. The zero-order valence-corrected chi connectivity index (χ0v) is 13.9. The van der Waals surface area contributed by atoms with Crippen LogP contribution in [0.2, 0.25) is 0 Å². The van der Waals surface area contributed by atoms with E-state index < -0.39 is 18.1 Å². The molecule has 0 aliphatic rings. The number of carbonyl (C=O) groups excluding carboxylic acids is 1. The second-order valence-corrected chi connectivity index (χ2v) is 5.63. The normalized spacial score (nSPS) is 11.4. The van der Waals surface area contributed by atoms with Gasteiger partial charge in [0.05, 0.1) is 6.42 Å². The molecule has 1 amide bonds. The van der Waals surface area contributed by atoms with E-state index in [0.717, 1.165) is 5.56 Å². The minimum absolute atomic E-state index is 0.0654. The van der Waals surface area contributed by atoms with Crippen LogP contribution < -0.4 is 10.1 Å². The highest BCUT2D eigenvalue weighted by atomic mass is 19.3. The van der Waals surface area contributed by atoms with Gasteiger partial charge in [-0.1, -0.05) is 26.0 Å². The highest BCUT2D eigenvalue weighted by Crippen LogP contribution is 2.20. The van der Waals surface area contributed by atoms with Gasteiger partial charge in [0, 0.05) is 12.0 Å². The van der Waals surface area contributed by atoms with E-state index in [0.29, 0.717) is 19.3 Å². The number of alkyl halides is 2. The molecule has 0 aliphatic carbocycles. The number of ether oxygens (including phenoxy) is 1. The minimum atomic E-state index is -2.87. The van der Waals surface area contributed by atoms with Crippen molar-refractivity contribution >= 4 is 11.9 Å². The van der Waals surface area contributed by atoms with E-state index in [4.69, 9.17) is 5.11 Å². The Morgan fingerprint density at radius 3 is 2.25 bits per heavy atom. The van der Waals surface area contributed by atoms with E-state index in [2.05, 4.69) is 10.1 Å². The topological polar surface area (TPSA) is 75.6 Å². The summed E-state index contributed by atoms with van der Waals surface area (Å²) in [6.45, 7) is 0.815. The summed E-state index contributed by atoms with van der Waals surface area (Å²) in [6.07, 6.45) is 1.56. The van der Waals surface area contributed by atoms with Crippen molar-refractivity contribution in [3.63, 3.8) is 0 Å². The average Bonchev–Trinajstić information content (AvgIpc) is 2.52. The number of rotatable bonds is 10. The van der Waals surface area contributed by atoms with Crippen molar-refractivity contribution in [3.8, 4) is 5.75 Å². The van der Waals surface area contributed by atoms with Crippen LogP contribution in [0.25, 0.3) is 0 Å². The fourth-order valence-corrected chi connectivity index (χ4v) is 2.46. The third kappa shape index (κ3) is 6.52. The van der Waals surface area contributed by atoms with Crippen LogP contribution >= 0.6 is 0 Å². The molecule has 0 radical (unpaired) electrons. The summed E-state index contributed by atoms with van der Waals surface area (Å²) in [4.78, 5) is 23.1. The zero-order valence-electron chi connectivity index (χ0n) is 13.9. The Morgan fingerprint density at radius 1 is 1.21 bits per heavy atom. The first kappa shape index (κ1) is 19.9. The third-order valence-corrected chi connectivity index (χ3v) is 4.04. The number of halogens is 2. The van der Waals surface area contributed by atoms with Gasteiger partial charge in [0.15, 0.2) is 0 Å². The maximum atomic E-state index is 12.1. The lowest BCUT2D eigenvalue weighted by Gasteiger charge is -2.31. The maximum Gasteiger partial charge on any atom is 0.387 e. The summed E-state index contributed by atoms with van der Waals surface area (Å²) >= 11 is 0. The number of amides is 1. The summed E-state index contributed by atoms with van der Waals surface area (Å²) in [5, 5.41) is 11.8. The molecule has 0 aromatic heterocycles. The molecule has 1 rings (SSSR count). The van der Waals surface area contributed by atoms with E-state index in [-0.39, 0.29) is 24.5 Å². The lowest BCUT2D eigenvalue weighted by atomic mass is 9.88. The third-order valence-electron chi connectivity index (χ3n) is 4.04. The number of aryl methyl sites for hydroxylation is 1. The fourth-order valence-electron chi connectivity index (χ4n) is 2.46. The van der Waals surface area contributed by atoms with Crippen LogP contribution in [0.5, 0.6) is 5.75 Å². The molecule has 5 nitrogen and oxygen atoms in total. The van der Waals surface area contributed by atoms with Gasteiger partial charge in [-0.15, -0.1) is 0 Å². The van der Waals surface area contributed by atoms with Crippen molar-refractivity contribution in [3.05, 3.63) is 29.8 Å². The van der Waals surface area contributed by atoms with Crippen LogP contribution in [-0.2, 0) is 16.0 Å². The highest BCUT2D eigenvalue weighted by molar-refractivity contribution is 5.78. The van der Waals surface area contributed by atoms with Gasteiger partial charge in [0.1, 0.15) is 5.75 Å². The zero-order chi connectivity index (χ0) is 18.2. The van der Waals surface area contributed by atoms with Crippen LogP contribution in [0.15, 0.2) is 24.3 Å². The van der Waals surface area contributed by atoms with Gasteiger partial charge >= 0.3 is 12.6 Å². The van der Waals surface area contributed by atoms with Crippen LogP contribution in [-0.4, -0.2) is 29.1 Å². The standard InChI is InChI=1S/C17H23F2NO4/c1-3-17(4-2,11-15(22)23)20-14(21)10-7-12-5-8-13(9-6-12)24-16(18)19/h5-6,8-9,16H,3-4,7,10-11H2,1-2H3,(H,20,21)(H,22,23). The molecule has 1 aromatic carbocycles. The van der Waals surface area contributed by atoms with Gasteiger partial charge < -0.3 is 15.2 Å². The summed E-state index contributed by atoms with van der Waals surface area (Å²) in [5.41, 5.74) is 0.0707. The van der Waals surface area contributed by atoms with E-state index in [1.54, 1.807) is 12.1 Å². The Morgan fingerprint density at radius 2 is 1.79 bits per heavy atom. The van der Waals surface area contributed by atoms with Gasteiger partial charge in [-0.25, -0.2) is 0 Å². The molecule has 0 bridgehead atoms. The Labute approximate surface area is 140 Å². The van der Waals surface area contributed by atoms with Crippen LogP contribution in [0.3, 0.4) is 0 Å². The molecular weight excluding hydrogens is 320 g/mol. The lowest BCUT2D eigenvalue weighted by molar-refractivity contribution is -0.139. The second-order valence-electron chi connectivity index (χ2n) is 5.63. The van der Waals surface area contributed by atoms with E-state index >= 15 is 0 Å². The van der Waals surface area contributed by atoms with Gasteiger partial charge in [0.25, 0.3) is 0 Å². The lowest BCUT2D eigenvalue weighted by Crippen LogP contribution is -2.49. The highest BCUT2D eigenvalue weighted by Gasteiger charge is 2.30. The number of hydrogen-bond donors (Lipinski definition) is 2. The Hall–Kier alpha value is -2.18. The van der Waals surface area contributed by atoms with Crippen molar-refractivity contribution in [2.75, 3.05) is 0 Å². The van der Waals surface area contributed by atoms with E-state index in [1.807, 2.05) is 13.8 Å². The van der Waals surface area contributed by atoms with Crippen molar-refractivity contribution in [2.45, 2.75) is 58.1 Å². The molecule has 0 fully saturated rings. The summed E-state index contributed by atoms with van der Waals surface area (Å²) in [5.74, 6) is -1.11. The molecular formula is C17H23F2NO4. The number of carbonyl (C=O) groups is 2. The first-order valence-electron chi connectivity index (χ1n) is 7.87. The Balaban J connectivity index is 2.57. The second kappa shape index (κ2) is 9.20. The van der Waals surface area contributed by atoms with Gasteiger partial charge in [0.2, 0.25) is 5.91 Å². The van der Waals surface area contributed by atoms with Crippen LogP contribution in [0, 0.1) is 0 Å². The summed E-state index contributed by atoms with van der Waals surface area (Å²) < 4.78 is 28.4. The van der Waals surface area contributed by atoms with Gasteiger partial charge in [-0.05, 0) is 37.0 Å². The van der Waals surface area contributed by atoms with Crippen molar-refractivity contribution in [2.24, 2.45) is 0 Å². The smallest absolute Gasteiger partial charge is 0.387 e. The molecule has 0 saturated heterocycles. The molecule has 7 heteroatoms. The number of aliphatic carboxylic acids is 1. The van der Waals surface area contributed by atoms with Crippen molar-refractivity contribution in [1.29, 1.82) is 0 Å². The van der Waals surface area contributed by atoms with E-state index in [1.165, 1.54) is 12.1 Å². The first-order valence-corrected chi connectivity index (χ1v) is 7.87. The number of carboxylic acids is 1. The number of hydrogen-bond acceptors (Lipinski definition) is 3. The fraction of sp³-hybridized carbons (Fsp3) is 0.529. The quantitative estimate of drug-likeness (QED) is 0.683. The maximum absolute atomic E-state index is 12.1. The molecule has 24 heavy (non-hydrogen) atoms. The van der Waals surface area contributed by atoms with Crippen LogP contribution in [0.1, 0.15) is 45.1 Å². The van der Waals surface area contributed by atoms with Crippen LogP contribution in [0.4, 0.5) is 8.78 Å². The van der Waals surface area contributed by atoms with Gasteiger partial charge in [-0.3, -0.25) is 9.59 Å². The van der Waals surface area contributed by atoms with Crippen molar-refractivity contribution < 1.29 is 28.2 Å². The molecule has 0 spiro atoms. The van der Waals surface area contributed by atoms with E-state index in [9.17, 15) is 18.4 Å². The number of benzene rings is 1. The molecule has 0 heterocycles. The molecule has 0 saturated carbocycles. The molecule has 0 aliphatic heterocycles. The monoisotopic (exact) mass is 343 g/mol. The Bertz CT molecular complexity index is 542. The largest absolute Gasteiger partial charge is 0.481 e. The van der Waals surface area contributed by atoms with Crippen molar-refractivity contribution in [1.82, 2.24) is 5.32 Å². The van der Waals surface area contributed by atoms with Gasteiger partial charge in [-0.2, -0.15) is 8.78 Å². The SMILES string of the molecule is CCC(CC)(CC(=O)O)NC(=O)CCc1ccc(OC(F)F)cc1. The molecule has 2 N–H and O–H groups in total. The number of nitrogens with one attached hydrogen (secondary N) is 1. The summed E-state index contributed by atoms with van der Waals surface area (Å²) in [7, 11) is 0. The molecule has 1 aromatic rings. The average molecular weight is 343 g/mol. The predicted octanol–water partition coefficient (Wildman–Crippen LogP) is 3.37. The first-order chi connectivity index (χ1) is 11.3. The minimum Gasteiger partial charge on any atom is -0.481 e. The molecule has 134 valence electrons. The molecule has 0 unspecified atom stereocenters. The summed E-state index contributed by atoms with van der Waals surface area (Å²) in [6, 6.07) is 6.09. The molecule has 0 atom stereocenters. The predicted molar refractivity (Wildman–Crippen MR) is 85.1 cm³/mol.